The molecule has 0 unspecified atom stereocenters. The standard InChI is InChI=1S/C11H19N3O/c1-3-4-5-6-7-8-14-10(2)11(9-15)12-13-14/h9H,3-8H2,1-2H3. The first-order valence-corrected chi connectivity index (χ1v) is 5.64. The Morgan fingerprint density at radius 1 is 1.27 bits per heavy atom. The number of aromatic nitrogens is 3. The first kappa shape index (κ1) is 11.9. The SMILES string of the molecule is CCCCCCCn1nnc(C=O)c1C. The lowest BCUT2D eigenvalue weighted by Gasteiger charge is -2.02. The van der Waals surface area contributed by atoms with Crippen LogP contribution in [-0.2, 0) is 6.54 Å². The van der Waals surface area contributed by atoms with Gasteiger partial charge < -0.3 is 0 Å². The van der Waals surface area contributed by atoms with Crippen LogP contribution in [0, 0.1) is 6.92 Å². The van der Waals surface area contributed by atoms with Crippen molar-refractivity contribution in [1.82, 2.24) is 15.0 Å². The van der Waals surface area contributed by atoms with E-state index in [9.17, 15) is 4.79 Å². The van der Waals surface area contributed by atoms with Crippen LogP contribution in [0.3, 0.4) is 0 Å². The third-order valence-electron chi connectivity index (χ3n) is 2.60. The Labute approximate surface area is 90.7 Å². The Kier molecular flexibility index (Phi) is 5.01. The van der Waals surface area contributed by atoms with E-state index in [4.69, 9.17) is 0 Å². The van der Waals surface area contributed by atoms with E-state index < -0.39 is 0 Å². The van der Waals surface area contributed by atoms with E-state index in [1.165, 1.54) is 25.7 Å². The fourth-order valence-electron chi connectivity index (χ4n) is 1.56. The quantitative estimate of drug-likeness (QED) is 0.511. The molecule has 0 N–H and O–H groups in total. The average molecular weight is 209 g/mol. The maximum Gasteiger partial charge on any atom is 0.172 e. The van der Waals surface area contributed by atoms with Crippen molar-refractivity contribution in [3.63, 3.8) is 0 Å². The van der Waals surface area contributed by atoms with Crippen molar-refractivity contribution in [2.24, 2.45) is 0 Å². The molecule has 0 saturated heterocycles. The zero-order valence-corrected chi connectivity index (χ0v) is 9.57. The van der Waals surface area contributed by atoms with E-state index in [-0.39, 0.29) is 0 Å². The Hall–Kier alpha value is -1.19. The van der Waals surface area contributed by atoms with E-state index in [0.29, 0.717) is 5.69 Å². The molecule has 0 aliphatic carbocycles. The van der Waals surface area contributed by atoms with Crippen LogP contribution < -0.4 is 0 Å². The van der Waals surface area contributed by atoms with Crippen LogP contribution in [0.2, 0.25) is 0 Å². The summed E-state index contributed by atoms with van der Waals surface area (Å²) in [4.78, 5) is 10.5. The number of carbonyl (C=O) groups excluding carboxylic acids is 1. The fourth-order valence-corrected chi connectivity index (χ4v) is 1.56. The average Bonchev–Trinajstić information content (AvgIpc) is 2.60. The number of nitrogens with zero attached hydrogens (tertiary/aromatic N) is 3. The van der Waals surface area contributed by atoms with Crippen molar-refractivity contribution < 1.29 is 4.79 Å². The van der Waals surface area contributed by atoms with Gasteiger partial charge in [0.05, 0.1) is 5.69 Å². The number of carbonyl (C=O) groups is 1. The molecule has 4 nitrogen and oxygen atoms in total. The number of hydrogen-bond acceptors (Lipinski definition) is 3. The summed E-state index contributed by atoms with van der Waals surface area (Å²) in [6.45, 7) is 4.96. The van der Waals surface area contributed by atoms with Crippen LogP contribution in [0.1, 0.15) is 55.2 Å². The highest BCUT2D eigenvalue weighted by Gasteiger charge is 2.05. The second kappa shape index (κ2) is 6.32. The lowest BCUT2D eigenvalue weighted by molar-refractivity contribution is 0.111. The van der Waals surface area contributed by atoms with E-state index in [1.54, 1.807) is 0 Å². The molecule has 1 aromatic rings. The van der Waals surface area contributed by atoms with E-state index in [2.05, 4.69) is 17.2 Å². The Balaban J connectivity index is 2.31. The number of aldehydes is 1. The minimum atomic E-state index is 0.462. The summed E-state index contributed by atoms with van der Waals surface area (Å²) < 4.78 is 1.82. The molecule has 1 aromatic heterocycles. The minimum Gasteiger partial charge on any atom is -0.296 e. The van der Waals surface area contributed by atoms with Gasteiger partial charge in [0.15, 0.2) is 6.29 Å². The van der Waals surface area contributed by atoms with Crippen LogP contribution in [0.25, 0.3) is 0 Å². The Morgan fingerprint density at radius 2 is 2.00 bits per heavy atom. The third kappa shape index (κ3) is 3.46. The van der Waals surface area contributed by atoms with Crippen LogP contribution in [-0.4, -0.2) is 21.3 Å². The smallest absolute Gasteiger partial charge is 0.172 e. The zero-order valence-electron chi connectivity index (χ0n) is 9.57. The molecule has 84 valence electrons. The first-order valence-electron chi connectivity index (χ1n) is 5.64. The molecule has 1 rings (SSSR count). The van der Waals surface area contributed by atoms with Crippen LogP contribution in [0.5, 0.6) is 0 Å². The first-order chi connectivity index (χ1) is 7.29. The molecule has 0 bridgehead atoms. The second-order valence-corrected chi connectivity index (χ2v) is 3.82. The molecule has 0 saturated carbocycles. The van der Waals surface area contributed by atoms with Crippen LogP contribution >= 0.6 is 0 Å². The molecule has 0 aliphatic heterocycles. The van der Waals surface area contributed by atoms with Crippen molar-refractivity contribution in [1.29, 1.82) is 0 Å². The number of unbranched alkanes of at least 4 members (excludes halogenated alkanes) is 4. The van der Waals surface area contributed by atoms with Crippen molar-refractivity contribution in [2.45, 2.75) is 52.5 Å². The molecule has 0 aromatic carbocycles. The van der Waals surface area contributed by atoms with Crippen LogP contribution in [0.15, 0.2) is 0 Å². The van der Waals surface area contributed by atoms with E-state index >= 15 is 0 Å². The van der Waals surface area contributed by atoms with Gasteiger partial charge in [0.25, 0.3) is 0 Å². The second-order valence-electron chi connectivity index (χ2n) is 3.82. The third-order valence-corrected chi connectivity index (χ3v) is 2.60. The number of rotatable bonds is 7. The van der Waals surface area contributed by atoms with Gasteiger partial charge in [0.2, 0.25) is 0 Å². The summed E-state index contributed by atoms with van der Waals surface area (Å²) in [5, 5.41) is 7.73. The molecule has 1 heterocycles. The summed E-state index contributed by atoms with van der Waals surface area (Å²) >= 11 is 0. The van der Waals surface area contributed by atoms with Gasteiger partial charge in [-0.05, 0) is 13.3 Å². The normalized spacial score (nSPS) is 10.5. The van der Waals surface area contributed by atoms with Crippen molar-refractivity contribution in [3.8, 4) is 0 Å². The highest BCUT2D eigenvalue weighted by atomic mass is 16.1. The summed E-state index contributed by atoms with van der Waals surface area (Å²) in [6.07, 6.45) is 6.94. The largest absolute Gasteiger partial charge is 0.296 e. The predicted molar refractivity (Wildman–Crippen MR) is 58.9 cm³/mol. The lowest BCUT2D eigenvalue weighted by atomic mass is 10.1. The Bertz CT molecular complexity index is 307. The lowest BCUT2D eigenvalue weighted by Crippen LogP contribution is -2.03. The molecule has 0 aliphatic rings. The minimum absolute atomic E-state index is 0.462. The maximum atomic E-state index is 10.5. The predicted octanol–water partition coefficient (Wildman–Crippen LogP) is 2.37. The molecule has 0 spiro atoms. The summed E-state index contributed by atoms with van der Waals surface area (Å²) in [5.41, 5.74) is 1.34. The van der Waals surface area contributed by atoms with Crippen LogP contribution in [0.4, 0.5) is 0 Å². The topological polar surface area (TPSA) is 47.8 Å². The molecular weight excluding hydrogens is 190 g/mol. The molecule has 0 atom stereocenters. The van der Waals surface area contributed by atoms with Crippen molar-refractivity contribution in [3.05, 3.63) is 11.4 Å². The summed E-state index contributed by atoms with van der Waals surface area (Å²) in [6, 6.07) is 0. The van der Waals surface area contributed by atoms with E-state index in [0.717, 1.165) is 24.9 Å². The highest BCUT2D eigenvalue weighted by molar-refractivity contribution is 5.72. The molecule has 0 amide bonds. The highest BCUT2D eigenvalue weighted by Crippen LogP contribution is 2.06. The number of aryl methyl sites for hydroxylation is 1. The van der Waals surface area contributed by atoms with Crippen molar-refractivity contribution >= 4 is 6.29 Å². The van der Waals surface area contributed by atoms with Gasteiger partial charge in [-0.25, -0.2) is 4.68 Å². The summed E-state index contributed by atoms with van der Waals surface area (Å²) in [5.74, 6) is 0. The van der Waals surface area contributed by atoms with Gasteiger partial charge in [0, 0.05) is 6.54 Å². The summed E-state index contributed by atoms with van der Waals surface area (Å²) in [7, 11) is 0. The van der Waals surface area contributed by atoms with E-state index in [1.807, 2.05) is 11.6 Å². The van der Waals surface area contributed by atoms with Gasteiger partial charge >= 0.3 is 0 Å². The van der Waals surface area contributed by atoms with Gasteiger partial charge in [0.1, 0.15) is 5.69 Å². The van der Waals surface area contributed by atoms with Crippen molar-refractivity contribution in [2.75, 3.05) is 0 Å². The van der Waals surface area contributed by atoms with Gasteiger partial charge in [-0.2, -0.15) is 0 Å². The maximum absolute atomic E-state index is 10.5. The zero-order chi connectivity index (χ0) is 11.1. The molecular formula is C11H19N3O. The monoisotopic (exact) mass is 209 g/mol. The van der Waals surface area contributed by atoms with Gasteiger partial charge in [-0.15, -0.1) is 5.10 Å². The van der Waals surface area contributed by atoms with Gasteiger partial charge in [-0.3, -0.25) is 4.79 Å². The fraction of sp³-hybridized carbons (Fsp3) is 0.727. The molecule has 0 fully saturated rings. The Morgan fingerprint density at radius 3 is 2.60 bits per heavy atom. The molecule has 4 heteroatoms. The molecule has 0 radical (unpaired) electrons. The number of hydrogen-bond donors (Lipinski definition) is 0. The van der Waals surface area contributed by atoms with Gasteiger partial charge in [-0.1, -0.05) is 37.8 Å². The molecule has 15 heavy (non-hydrogen) atoms.